The highest BCUT2D eigenvalue weighted by Gasteiger charge is 2.34. The van der Waals surface area contributed by atoms with Crippen molar-refractivity contribution in [3.8, 4) is 5.75 Å². The Labute approximate surface area is 174 Å². The first kappa shape index (κ1) is 19.7. The number of carboxylic acid groups (broad SMARTS) is 1. The average molecular weight is 440 g/mol. The molecule has 1 aliphatic heterocycles. The Kier molecular flexibility index (Phi) is 6.06. The molecule has 1 amide bonds. The molecule has 1 fully saturated rings. The van der Waals surface area contributed by atoms with Crippen LogP contribution in [0.5, 0.6) is 5.75 Å². The van der Waals surface area contributed by atoms with Crippen molar-refractivity contribution in [2.24, 2.45) is 0 Å². The van der Waals surface area contributed by atoms with Crippen LogP contribution in [0.25, 0.3) is 6.08 Å². The molecule has 2 aromatic rings. The van der Waals surface area contributed by atoms with Gasteiger partial charge in [-0.1, -0.05) is 59.3 Å². The number of carboxylic acids is 1. The van der Waals surface area contributed by atoms with Gasteiger partial charge in [0.15, 0.2) is 10.9 Å². The fraction of sp³-hybridized carbons (Fsp3) is 0.0556. The Morgan fingerprint density at radius 3 is 2.56 bits per heavy atom. The number of anilines is 1. The molecule has 1 heterocycles. The van der Waals surface area contributed by atoms with E-state index in [2.05, 4.69) is 0 Å². The van der Waals surface area contributed by atoms with E-state index >= 15 is 0 Å². The number of ether oxygens (including phenoxy) is 1. The molecule has 138 valence electrons. The molecule has 2 aromatic carbocycles. The van der Waals surface area contributed by atoms with Gasteiger partial charge in [-0.2, -0.15) is 0 Å². The van der Waals surface area contributed by atoms with Crippen LogP contribution >= 0.6 is 47.2 Å². The number of nitrogens with zero attached hydrogens (tertiary/aromatic N) is 1. The second-order valence-corrected chi connectivity index (χ2v) is 7.88. The molecule has 3 rings (SSSR count). The summed E-state index contributed by atoms with van der Waals surface area (Å²) in [5.41, 5.74) is 1.23. The number of thioether (sulfide) groups is 1. The first-order chi connectivity index (χ1) is 12.8. The third-order valence-electron chi connectivity index (χ3n) is 3.48. The van der Waals surface area contributed by atoms with Crippen molar-refractivity contribution in [3.05, 3.63) is 63.0 Å². The summed E-state index contributed by atoms with van der Waals surface area (Å²) in [5, 5.41) is 9.42. The molecule has 0 saturated carbocycles. The molecule has 0 atom stereocenters. The lowest BCUT2D eigenvalue weighted by atomic mass is 10.2. The first-order valence-corrected chi connectivity index (χ1v) is 9.51. The van der Waals surface area contributed by atoms with E-state index in [1.54, 1.807) is 48.5 Å². The Hall–Kier alpha value is -2.06. The van der Waals surface area contributed by atoms with Gasteiger partial charge in [0.1, 0.15) is 5.75 Å². The van der Waals surface area contributed by atoms with Crippen molar-refractivity contribution in [3.63, 3.8) is 0 Å². The lowest BCUT2D eigenvalue weighted by molar-refractivity contribution is -0.139. The molecule has 1 aliphatic rings. The lowest BCUT2D eigenvalue weighted by Gasteiger charge is -2.16. The summed E-state index contributed by atoms with van der Waals surface area (Å²) < 4.78 is 5.45. The maximum absolute atomic E-state index is 12.8. The quantitative estimate of drug-likeness (QED) is 0.529. The number of aliphatic carboxylic acids is 1. The Balaban J connectivity index is 1.81. The van der Waals surface area contributed by atoms with Gasteiger partial charge in [-0.25, -0.2) is 4.79 Å². The zero-order valence-corrected chi connectivity index (χ0v) is 16.7. The molecule has 0 aliphatic carbocycles. The fourth-order valence-electron chi connectivity index (χ4n) is 2.29. The Morgan fingerprint density at radius 1 is 1.22 bits per heavy atom. The third-order valence-corrected chi connectivity index (χ3v) is 5.32. The van der Waals surface area contributed by atoms with E-state index in [1.165, 1.54) is 16.7 Å². The maximum Gasteiger partial charge on any atom is 0.341 e. The predicted octanol–water partition coefficient (Wildman–Crippen LogP) is 4.86. The van der Waals surface area contributed by atoms with Crippen molar-refractivity contribution in [1.82, 2.24) is 0 Å². The Bertz CT molecular complexity index is 960. The number of carbonyl (C=O) groups is 2. The minimum absolute atomic E-state index is 0.277. The van der Waals surface area contributed by atoms with Crippen molar-refractivity contribution >= 4 is 75.1 Å². The van der Waals surface area contributed by atoms with E-state index in [-0.39, 0.29) is 5.91 Å². The van der Waals surface area contributed by atoms with Gasteiger partial charge >= 0.3 is 5.97 Å². The van der Waals surface area contributed by atoms with Crippen LogP contribution in [0.4, 0.5) is 5.69 Å². The van der Waals surface area contributed by atoms with Gasteiger partial charge in [0.25, 0.3) is 5.91 Å². The van der Waals surface area contributed by atoms with E-state index in [4.69, 9.17) is 45.3 Å². The number of hydrogen-bond donors (Lipinski definition) is 1. The van der Waals surface area contributed by atoms with E-state index in [0.29, 0.717) is 30.7 Å². The second-order valence-electron chi connectivity index (χ2n) is 5.36. The summed E-state index contributed by atoms with van der Waals surface area (Å²) in [7, 11) is 0. The number of amides is 1. The van der Waals surface area contributed by atoms with Crippen molar-refractivity contribution < 1.29 is 19.4 Å². The van der Waals surface area contributed by atoms with Gasteiger partial charge in [0.2, 0.25) is 0 Å². The van der Waals surface area contributed by atoms with E-state index in [0.717, 1.165) is 5.56 Å². The van der Waals surface area contributed by atoms with Crippen LogP contribution in [0.3, 0.4) is 0 Å². The molecular weight excluding hydrogens is 429 g/mol. The van der Waals surface area contributed by atoms with Crippen molar-refractivity contribution in [2.45, 2.75) is 0 Å². The van der Waals surface area contributed by atoms with Crippen molar-refractivity contribution in [2.75, 3.05) is 11.5 Å². The highest BCUT2D eigenvalue weighted by molar-refractivity contribution is 8.27. The van der Waals surface area contributed by atoms with Gasteiger partial charge in [0, 0.05) is 5.02 Å². The van der Waals surface area contributed by atoms with Crippen LogP contribution in [0.15, 0.2) is 47.4 Å². The largest absolute Gasteiger partial charge is 0.482 e. The van der Waals surface area contributed by atoms with E-state index < -0.39 is 12.6 Å². The number of benzene rings is 2. The number of rotatable bonds is 5. The summed E-state index contributed by atoms with van der Waals surface area (Å²) in [4.78, 5) is 25.1. The second kappa shape index (κ2) is 8.31. The van der Waals surface area contributed by atoms with Crippen LogP contribution in [0.1, 0.15) is 5.56 Å². The first-order valence-electron chi connectivity index (χ1n) is 7.53. The van der Waals surface area contributed by atoms with Crippen LogP contribution in [-0.4, -0.2) is 27.9 Å². The zero-order chi connectivity index (χ0) is 19.6. The molecule has 0 spiro atoms. The maximum atomic E-state index is 12.8. The molecule has 1 saturated heterocycles. The summed E-state index contributed by atoms with van der Waals surface area (Å²) in [5.74, 6) is -0.904. The normalized spacial score (nSPS) is 15.5. The summed E-state index contributed by atoms with van der Waals surface area (Å²) in [6.45, 7) is -0.417. The van der Waals surface area contributed by atoms with Gasteiger partial charge in [0.05, 0.1) is 15.6 Å². The van der Waals surface area contributed by atoms with Crippen LogP contribution in [0.2, 0.25) is 10.0 Å². The van der Waals surface area contributed by atoms with E-state index in [9.17, 15) is 9.59 Å². The highest BCUT2D eigenvalue weighted by atomic mass is 35.5. The summed E-state index contributed by atoms with van der Waals surface area (Å²) >= 11 is 18.6. The number of halogens is 2. The molecular formula is C18H11Cl2NO4S2. The summed E-state index contributed by atoms with van der Waals surface area (Å²) in [6, 6.07) is 11.5. The van der Waals surface area contributed by atoms with E-state index in [1.807, 2.05) is 0 Å². The molecule has 0 unspecified atom stereocenters. The minimum Gasteiger partial charge on any atom is -0.482 e. The van der Waals surface area contributed by atoms with Crippen LogP contribution in [-0.2, 0) is 9.59 Å². The third kappa shape index (κ3) is 4.62. The predicted molar refractivity (Wildman–Crippen MR) is 112 cm³/mol. The lowest BCUT2D eigenvalue weighted by Crippen LogP contribution is -2.27. The van der Waals surface area contributed by atoms with Crippen LogP contribution in [0, 0.1) is 0 Å². The van der Waals surface area contributed by atoms with Gasteiger partial charge in [-0.05, 0) is 42.0 Å². The van der Waals surface area contributed by atoms with Gasteiger partial charge in [-0.3, -0.25) is 9.69 Å². The van der Waals surface area contributed by atoms with Crippen molar-refractivity contribution in [1.29, 1.82) is 0 Å². The molecule has 1 N–H and O–H groups in total. The molecule has 0 radical (unpaired) electrons. The van der Waals surface area contributed by atoms with Gasteiger partial charge in [-0.15, -0.1) is 0 Å². The molecule has 0 bridgehead atoms. The number of carbonyl (C=O) groups excluding carboxylic acids is 1. The molecule has 0 aromatic heterocycles. The van der Waals surface area contributed by atoms with Crippen LogP contribution < -0.4 is 9.64 Å². The highest BCUT2D eigenvalue weighted by Crippen LogP contribution is 2.39. The number of hydrogen-bond acceptors (Lipinski definition) is 5. The summed E-state index contributed by atoms with van der Waals surface area (Å²) in [6.07, 6.45) is 1.70. The average Bonchev–Trinajstić information content (AvgIpc) is 2.88. The fourth-order valence-corrected chi connectivity index (χ4v) is 4.07. The van der Waals surface area contributed by atoms with Gasteiger partial charge < -0.3 is 9.84 Å². The molecule has 5 nitrogen and oxygen atoms in total. The molecule has 27 heavy (non-hydrogen) atoms. The number of thiocarbonyl (C=S) groups is 1. The standard InChI is InChI=1S/C18H11Cl2NO4S2/c19-11-3-6-14(13(20)8-11)21-17(24)15(27-18(21)26)7-10-1-4-12(5-2-10)25-9-16(22)23/h1-8H,9H2,(H,22,23)/b15-7-. The Morgan fingerprint density at radius 2 is 1.93 bits per heavy atom. The zero-order valence-electron chi connectivity index (χ0n) is 13.5. The molecule has 9 heteroatoms. The topological polar surface area (TPSA) is 66.8 Å². The monoisotopic (exact) mass is 439 g/mol. The SMILES string of the molecule is O=C(O)COc1ccc(/C=C2\SC(=S)N(c3ccc(Cl)cc3Cl)C2=O)cc1. The smallest absolute Gasteiger partial charge is 0.341 e. The minimum atomic E-state index is -1.05.